The summed E-state index contributed by atoms with van der Waals surface area (Å²) in [5, 5.41) is 17.5. The van der Waals surface area contributed by atoms with E-state index in [1.165, 1.54) is 6.33 Å². The number of likely N-dealkylation sites (N-methyl/N-ethyl adjacent to an activating group) is 1. The van der Waals surface area contributed by atoms with Crippen LogP contribution in [0.4, 0.5) is 11.8 Å². The molecule has 6 N–H and O–H groups in total. The zero-order valence-corrected chi connectivity index (χ0v) is 27.5. The van der Waals surface area contributed by atoms with Crippen molar-refractivity contribution in [1.29, 1.82) is 0 Å². The molecule has 4 rings (SSSR count). The zero-order valence-electron chi connectivity index (χ0n) is 27.5. The summed E-state index contributed by atoms with van der Waals surface area (Å²) in [5.74, 6) is 0.588. The Kier molecular flexibility index (Phi) is 17.1. The van der Waals surface area contributed by atoms with E-state index in [9.17, 15) is 9.59 Å². The SMILES string of the molecule is CNCCOCCOCCOCCN.CNc1nc2cc(-c3nn(CCCCNC(=O)CCC=O)c4ncnc(NC)c34)ccc2o1. The third-order valence-electron chi connectivity index (χ3n) is 6.75. The number of carbonyl (C=O) groups is 2. The number of nitrogens with zero attached hydrogens (tertiary/aromatic N) is 5. The maximum Gasteiger partial charge on any atom is 0.295 e. The van der Waals surface area contributed by atoms with Gasteiger partial charge in [0.05, 0.1) is 45.0 Å². The van der Waals surface area contributed by atoms with Crippen LogP contribution in [0.15, 0.2) is 28.9 Å². The third kappa shape index (κ3) is 12.1. The van der Waals surface area contributed by atoms with Crippen molar-refractivity contribution in [2.45, 2.75) is 32.2 Å². The van der Waals surface area contributed by atoms with E-state index in [1.54, 1.807) is 7.05 Å². The van der Waals surface area contributed by atoms with Crippen molar-refractivity contribution >= 4 is 46.2 Å². The smallest absolute Gasteiger partial charge is 0.295 e. The minimum Gasteiger partial charge on any atom is -0.424 e. The molecule has 16 nitrogen and oxygen atoms in total. The summed E-state index contributed by atoms with van der Waals surface area (Å²) >= 11 is 0. The largest absolute Gasteiger partial charge is 0.424 e. The van der Waals surface area contributed by atoms with Crippen molar-refractivity contribution < 1.29 is 28.2 Å². The molecule has 0 aliphatic rings. The lowest BCUT2D eigenvalue weighted by molar-refractivity contribution is -0.122. The Morgan fingerprint density at radius 3 is 2.45 bits per heavy atom. The van der Waals surface area contributed by atoms with Crippen LogP contribution in [0.1, 0.15) is 25.7 Å². The van der Waals surface area contributed by atoms with Gasteiger partial charge in [-0.15, -0.1) is 0 Å². The highest BCUT2D eigenvalue weighted by atomic mass is 16.5. The van der Waals surface area contributed by atoms with Crippen LogP contribution in [0.5, 0.6) is 0 Å². The number of ether oxygens (including phenoxy) is 3. The predicted molar refractivity (Wildman–Crippen MR) is 180 cm³/mol. The molecule has 3 aromatic heterocycles. The van der Waals surface area contributed by atoms with Crippen molar-refractivity contribution in [1.82, 2.24) is 35.4 Å². The number of aromatic nitrogens is 5. The average Bonchev–Trinajstić information content (AvgIpc) is 3.69. The molecule has 0 spiro atoms. The van der Waals surface area contributed by atoms with E-state index in [1.807, 2.05) is 37.0 Å². The van der Waals surface area contributed by atoms with Crippen molar-refractivity contribution in [2.75, 3.05) is 91.1 Å². The molecule has 0 radical (unpaired) electrons. The summed E-state index contributed by atoms with van der Waals surface area (Å²) in [5.41, 5.74) is 9.04. The topological polar surface area (TPSA) is 206 Å². The summed E-state index contributed by atoms with van der Waals surface area (Å²) < 4.78 is 23.1. The normalized spacial score (nSPS) is 11.0. The van der Waals surface area contributed by atoms with E-state index >= 15 is 0 Å². The van der Waals surface area contributed by atoms with Gasteiger partial charge < -0.3 is 50.4 Å². The van der Waals surface area contributed by atoms with Crippen LogP contribution < -0.4 is 27.0 Å². The van der Waals surface area contributed by atoms with Crippen LogP contribution in [-0.2, 0) is 30.3 Å². The van der Waals surface area contributed by atoms with Crippen molar-refractivity contribution in [2.24, 2.45) is 5.73 Å². The first-order valence-electron chi connectivity index (χ1n) is 15.8. The fourth-order valence-corrected chi connectivity index (χ4v) is 4.43. The molecule has 0 aliphatic carbocycles. The predicted octanol–water partition coefficient (Wildman–Crippen LogP) is 1.81. The lowest BCUT2D eigenvalue weighted by Gasteiger charge is -2.05. The molecular formula is C31H48N10O6. The number of hydrogen-bond acceptors (Lipinski definition) is 14. The van der Waals surface area contributed by atoms with E-state index in [4.69, 9.17) is 29.5 Å². The summed E-state index contributed by atoms with van der Waals surface area (Å²) in [6, 6.07) is 6.21. The lowest BCUT2D eigenvalue weighted by atomic mass is 10.1. The van der Waals surface area contributed by atoms with Gasteiger partial charge in [0.2, 0.25) is 5.91 Å². The quantitative estimate of drug-likeness (QED) is 0.0605. The second-order valence-electron chi connectivity index (χ2n) is 10.2. The Hall–Kier alpha value is -4.22. The van der Waals surface area contributed by atoms with Crippen LogP contribution >= 0.6 is 0 Å². The third-order valence-corrected chi connectivity index (χ3v) is 6.75. The molecule has 16 heteroatoms. The van der Waals surface area contributed by atoms with Crippen LogP contribution in [-0.4, -0.2) is 117 Å². The molecule has 1 aromatic carbocycles. The van der Waals surface area contributed by atoms with Gasteiger partial charge in [-0.05, 0) is 38.1 Å². The lowest BCUT2D eigenvalue weighted by Crippen LogP contribution is -2.24. The summed E-state index contributed by atoms with van der Waals surface area (Å²) in [6.45, 7) is 6.42. The second kappa shape index (κ2) is 21.6. The standard InChI is InChI=1S/C22H26N8O3.C9H22N2O3/c1-23-20-18-19(14-7-8-16-15(12-14)28-22(24-2)33-16)29-30(21(18)27-13-26-20)10-4-3-9-25-17(32)6-5-11-31;1-11-3-5-13-7-9-14-8-6-12-4-2-10/h7-8,11-13H,3-6,9-10H2,1-2H3,(H,24,28)(H,25,32)(H,23,26,27);11H,2-10H2,1H3. The number of aryl methyl sites for hydroxylation is 1. The minimum atomic E-state index is -0.106. The maximum absolute atomic E-state index is 11.6. The summed E-state index contributed by atoms with van der Waals surface area (Å²) in [6.07, 6.45) is 4.33. The number of carbonyl (C=O) groups excluding carboxylic acids is 2. The van der Waals surface area contributed by atoms with Gasteiger partial charge in [-0.3, -0.25) is 4.79 Å². The van der Waals surface area contributed by atoms with Gasteiger partial charge in [0, 0.05) is 58.7 Å². The molecule has 47 heavy (non-hydrogen) atoms. The Labute approximate surface area is 274 Å². The monoisotopic (exact) mass is 656 g/mol. The first-order chi connectivity index (χ1) is 23.1. The van der Waals surface area contributed by atoms with E-state index in [0.717, 1.165) is 60.1 Å². The fourth-order valence-electron chi connectivity index (χ4n) is 4.43. The number of hydrogen-bond donors (Lipinski definition) is 5. The van der Waals surface area contributed by atoms with Gasteiger partial charge in [0.25, 0.3) is 6.01 Å². The number of unbranched alkanes of at least 4 members (excludes halogenated alkanes) is 1. The highest BCUT2D eigenvalue weighted by Crippen LogP contribution is 2.33. The number of amides is 1. The Bertz CT molecular complexity index is 1480. The Morgan fingerprint density at radius 1 is 0.979 bits per heavy atom. The Morgan fingerprint density at radius 2 is 1.74 bits per heavy atom. The number of anilines is 2. The number of oxazole rings is 1. The van der Waals surface area contributed by atoms with Crippen LogP contribution in [0.2, 0.25) is 0 Å². The van der Waals surface area contributed by atoms with Crippen LogP contribution in [0, 0.1) is 0 Å². The fraction of sp³-hybridized carbons (Fsp3) is 0.548. The molecule has 3 heterocycles. The first-order valence-corrected chi connectivity index (χ1v) is 15.8. The minimum absolute atomic E-state index is 0.106. The van der Waals surface area contributed by atoms with E-state index in [0.29, 0.717) is 70.1 Å². The van der Waals surface area contributed by atoms with Gasteiger partial charge in [-0.2, -0.15) is 10.1 Å². The van der Waals surface area contributed by atoms with Crippen molar-refractivity contribution in [3.8, 4) is 11.3 Å². The molecular weight excluding hydrogens is 608 g/mol. The van der Waals surface area contributed by atoms with E-state index < -0.39 is 0 Å². The highest BCUT2D eigenvalue weighted by molar-refractivity contribution is 6.00. The van der Waals surface area contributed by atoms with Crippen molar-refractivity contribution in [3.63, 3.8) is 0 Å². The molecule has 0 bridgehead atoms. The highest BCUT2D eigenvalue weighted by Gasteiger charge is 2.19. The zero-order chi connectivity index (χ0) is 33.7. The van der Waals surface area contributed by atoms with Gasteiger partial charge in [0.1, 0.15) is 29.6 Å². The maximum atomic E-state index is 11.6. The number of nitrogens with two attached hydrogens (primary N) is 1. The molecule has 0 unspecified atom stereocenters. The number of rotatable bonds is 22. The molecule has 0 saturated heterocycles. The first kappa shape index (κ1) is 37.2. The van der Waals surface area contributed by atoms with Gasteiger partial charge in [0.15, 0.2) is 11.2 Å². The van der Waals surface area contributed by atoms with Gasteiger partial charge in [-0.1, -0.05) is 0 Å². The van der Waals surface area contributed by atoms with Crippen molar-refractivity contribution in [3.05, 3.63) is 24.5 Å². The average molecular weight is 657 g/mol. The van der Waals surface area contributed by atoms with Crippen LogP contribution in [0.3, 0.4) is 0 Å². The molecule has 0 aliphatic heterocycles. The number of fused-ring (bicyclic) bond motifs is 2. The van der Waals surface area contributed by atoms with Gasteiger partial charge >= 0.3 is 0 Å². The Balaban J connectivity index is 0.000000363. The summed E-state index contributed by atoms with van der Waals surface area (Å²) in [4.78, 5) is 35.3. The molecule has 0 atom stereocenters. The van der Waals surface area contributed by atoms with Gasteiger partial charge in [-0.25, -0.2) is 14.6 Å². The molecule has 0 fully saturated rings. The van der Waals surface area contributed by atoms with E-state index in [-0.39, 0.29) is 18.7 Å². The molecule has 0 saturated carbocycles. The second-order valence-corrected chi connectivity index (χ2v) is 10.2. The number of nitrogens with one attached hydrogen (secondary N) is 4. The van der Waals surface area contributed by atoms with Crippen LogP contribution in [0.25, 0.3) is 33.4 Å². The number of benzene rings is 1. The summed E-state index contributed by atoms with van der Waals surface area (Å²) in [7, 11) is 5.47. The molecule has 258 valence electrons. The molecule has 1 amide bonds. The van der Waals surface area contributed by atoms with E-state index in [2.05, 4.69) is 36.2 Å². The number of aldehydes is 1. The molecule has 4 aromatic rings.